The van der Waals surface area contributed by atoms with Crippen LogP contribution in [0.5, 0.6) is 5.75 Å². The Bertz CT molecular complexity index is 639. The van der Waals surface area contributed by atoms with E-state index in [4.69, 9.17) is 4.11 Å². The number of hydrogen-bond donors (Lipinski definition) is 1. The predicted molar refractivity (Wildman–Crippen MR) is 67.6 cm³/mol. The highest BCUT2D eigenvalue weighted by Crippen LogP contribution is 2.26. The van der Waals surface area contributed by atoms with Crippen molar-refractivity contribution in [3.05, 3.63) is 54.1 Å². The molecule has 0 radical (unpaired) electrons. The molecule has 2 nitrogen and oxygen atoms in total. The monoisotopic (exact) mass is 270 g/mol. The van der Waals surface area contributed by atoms with E-state index in [-0.39, 0.29) is 11.3 Å². The summed E-state index contributed by atoms with van der Waals surface area (Å²) in [4.78, 5) is 0. The van der Waals surface area contributed by atoms with Crippen molar-refractivity contribution in [2.24, 2.45) is 0 Å². The molecule has 0 heterocycles. The Labute approximate surface area is 113 Å². The molecular formula is C14H12F3NO. The molecule has 2 rings (SSSR count). The molecule has 0 unspecified atom stereocenters. The summed E-state index contributed by atoms with van der Waals surface area (Å²) in [6.07, 6.45) is -4.75. The van der Waals surface area contributed by atoms with Crippen molar-refractivity contribution < 1.29 is 22.0 Å². The summed E-state index contributed by atoms with van der Waals surface area (Å²) >= 11 is 0. The average Bonchev–Trinajstić information content (AvgIpc) is 2.36. The second-order valence-corrected chi connectivity index (χ2v) is 3.78. The minimum Gasteiger partial charge on any atom is -0.406 e. The van der Waals surface area contributed by atoms with Crippen LogP contribution in [0.1, 0.15) is 9.68 Å². The molecule has 5 heteroatoms. The van der Waals surface area contributed by atoms with Crippen LogP contribution in [0.25, 0.3) is 0 Å². The number of hydrogen-bond acceptors (Lipinski definition) is 2. The lowest BCUT2D eigenvalue weighted by molar-refractivity contribution is -0.274. The maximum atomic E-state index is 12.2. The van der Waals surface area contributed by atoms with Crippen LogP contribution in [-0.2, 0) is 0 Å². The van der Waals surface area contributed by atoms with Gasteiger partial charge in [-0.3, -0.25) is 0 Å². The standard InChI is InChI=1S/C14H12F3NO/c1-10-5-7-11(8-6-10)18-12-3-2-4-13(9-12)19-14(15,16)17/h2-9,18H,1H3/i1D3. The molecular weight excluding hydrogens is 255 g/mol. The largest absolute Gasteiger partial charge is 0.573 e. The maximum Gasteiger partial charge on any atom is 0.573 e. The van der Waals surface area contributed by atoms with E-state index < -0.39 is 13.2 Å². The van der Waals surface area contributed by atoms with E-state index in [2.05, 4.69) is 10.1 Å². The van der Waals surface area contributed by atoms with Gasteiger partial charge in [0.25, 0.3) is 0 Å². The van der Waals surface area contributed by atoms with Crippen LogP contribution in [0.15, 0.2) is 48.5 Å². The summed E-state index contributed by atoms with van der Waals surface area (Å²) in [7, 11) is 0. The first-order chi connectivity index (χ1) is 10.1. The Morgan fingerprint density at radius 1 is 1.05 bits per heavy atom. The summed E-state index contributed by atoms with van der Waals surface area (Å²) in [6.45, 7) is -2.20. The van der Waals surface area contributed by atoms with Crippen LogP contribution in [0.3, 0.4) is 0 Å². The zero-order valence-electron chi connectivity index (χ0n) is 12.7. The highest BCUT2D eigenvalue weighted by molar-refractivity contribution is 5.61. The fraction of sp³-hybridized carbons (Fsp3) is 0.143. The van der Waals surface area contributed by atoms with Gasteiger partial charge in [-0.05, 0) is 31.1 Å². The minimum atomic E-state index is -4.75. The Hall–Kier alpha value is -2.17. The topological polar surface area (TPSA) is 21.3 Å². The van der Waals surface area contributed by atoms with Crippen LogP contribution < -0.4 is 10.1 Å². The second-order valence-electron chi connectivity index (χ2n) is 3.78. The van der Waals surface area contributed by atoms with Crippen molar-refractivity contribution in [3.8, 4) is 5.75 Å². The third kappa shape index (κ3) is 4.21. The van der Waals surface area contributed by atoms with Gasteiger partial charge in [0.1, 0.15) is 5.75 Å². The average molecular weight is 270 g/mol. The zero-order chi connectivity index (χ0) is 16.4. The van der Waals surface area contributed by atoms with E-state index in [1.54, 1.807) is 18.2 Å². The third-order valence-electron chi connectivity index (χ3n) is 2.24. The first kappa shape index (κ1) is 9.72. The van der Waals surface area contributed by atoms with Gasteiger partial charge in [0, 0.05) is 21.6 Å². The van der Waals surface area contributed by atoms with Crippen LogP contribution >= 0.6 is 0 Å². The number of anilines is 2. The molecule has 19 heavy (non-hydrogen) atoms. The van der Waals surface area contributed by atoms with Crippen LogP contribution in [0, 0.1) is 6.85 Å². The Morgan fingerprint density at radius 3 is 2.42 bits per heavy atom. The molecule has 1 N–H and O–H groups in total. The van der Waals surface area contributed by atoms with Crippen molar-refractivity contribution in [1.29, 1.82) is 0 Å². The lowest BCUT2D eigenvalue weighted by atomic mass is 10.2. The molecule has 0 aliphatic heterocycles. The number of rotatable bonds is 3. The SMILES string of the molecule is [2H]C([2H])([2H])c1ccc(Nc2cccc(OC(F)(F)F)c2)cc1. The van der Waals surface area contributed by atoms with Gasteiger partial charge in [-0.1, -0.05) is 23.8 Å². The lowest BCUT2D eigenvalue weighted by Crippen LogP contribution is -2.17. The number of aryl methyl sites for hydroxylation is 1. The smallest absolute Gasteiger partial charge is 0.406 e. The molecule has 0 bridgehead atoms. The van der Waals surface area contributed by atoms with Crippen LogP contribution in [0.4, 0.5) is 24.5 Å². The molecule has 2 aromatic rings. The Kier molecular flexibility index (Phi) is 2.67. The molecule has 0 fully saturated rings. The summed E-state index contributed by atoms with van der Waals surface area (Å²) in [5.41, 5.74) is 1.13. The molecule has 0 amide bonds. The van der Waals surface area contributed by atoms with E-state index in [1.807, 2.05) is 0 Å². The van der Waals surface area contributed by atoms with E-state index >= 15 is 0 Å². The Morgan fingerprint density at radius 2 is 1.79 bits per heavy atom. The molecule has 0 aromatic heterocycles. The number of nitrogens with one attached hydrogen (secondary N) is 1. The first-order valence-electron chi connectivity index (χ1n) is 6.87. The van der Waals surface area contributed by atoms with E-state index in [0.29, 0.717) is 11.4 Å². The van der Waals surface area contributed by atoms with Gasteiger partial charge in [-0.25, -0.2) is 0 Å². The number of ether oxygens (including phenoxy) is 1. The number of halogens is 3. The van der Waals surface area contributed by atoms with Gasteiger partial charge in [0.05, 0.1) is 0 Å². The summed E-state index contributed by atoms with van der Waals surface area (Å²) in [5.74, 6) is -0.336. The van der Waals surface area contributed by atoms with Gasteiger partial charge in [0.2, 0.25) is 0 Å². The van der Waals surface area contributed by atoms with Gasteiger partial charge in [0.15, 0.2) is 0 Å². The molecule has 0 spiro atoms. The number of benzene rings is 2. The van der Waals surface area contributed by atoms with Crippen LogP contribution in [0.2, 0.25) is 0 Å². The molecule has 0 atom stereocenters. The van der Waals surface area contributed by atoms with Crippen molar-refractivity contribution in [3.63, 3.8) is 0 Å². The van der Waals surface area contributed by atoms with Crippen LogP contribution in [-0.4, -0.2) is 6.36 Å². The minimum absolute atomic E-state index is 0.187. The van der Waals surface area contributed by atoms with Gasteiger partial charge in [-0.15, -0.1) is 13.2 Å². The summed E-state index contributed by atoms with van der Waals surface area (Å²) in [5, 5.41) is 2.88. The zero-order valence-corrected chi connectivity index (χ0v) is 9.66. The van der Waals surface area contributed by atoms with Crippen molar-refractivity contribution in [2.45, 2.75) is 13.2 Å². The van der Waals surface area contributed by atoms with E-state index in [0.717, 1.165) is 0 Å². The molecule has 0 saturated heterocycles. The molecule has 100 valence electrons. The van der Waals surface area contributed by atoms with Crippen molar-refractivity contribution in [2.75, 3.05) is 5.32 Å². The number of alkyl halides is 3. The van der Waals surface area contributed by atoms with Gasteiger partial charge in [-0.2, -0.15) is 0 Å². The van der Waals surface area contributed by atoms with E-state index in [1.165, 1.54) is 30.3 Å². The van der Waals surface area contributed by atoms with Gasteiger partial charge >= 0.3 is 6.36 Å². The first-order valence-corrected chi connectivity index (χ1v) is 5.37. The highest BCUT2D eigenvalue weighted by Gasteiger charge is 2.31. The quantitative estimate of drug-likeness (QED) is 0.877. The van der Waals surface area contributed by atoms with Crippen molar-refractivity contribution in [1.82, 2.24) is 0 Å². The molecule has 0 saturated carbocycles. The fourth-order valence-corrected chi connectivity index (χ4v) is 1.49. The summed E-state index contributed by atoms with van der Waals surface area (Å²) in [6, 6.07) is 11.3. The molecule has 0 aliphatic rings. The Balaban J connectivity index is 2.12. The highest BCUT2D eigenvalue weighted by atomic mass is 19.4. The van der Waals surface area contributed by atoms with Gasteiger partial charge < -0.3 is 10.1 Å². The lowest BCUT2D eigenvalue weighted by Gasteiger charge is -2.11. The van der Waals surface area contributed by atoms with E-state index in [9.17, 15) is 13.2 Å². The maximum absolute atomic E-state index is 12.2. The summed E-state index contributed by atoms with van der Waals surface area (Å²) < 4.78 is 62.1. The fourth-order valence-electron chi connectivity index (χ4n) is 1.49. The second kappa shape index (κ2) is 5.22. The predicted octanol–water partition coefficient (Wildman–Crippen LogP) is 4.64. The van der Waals surface area contributed by atoms with Crippen molar-refractivity contribution >= 4 is 11.4 Å². The molecule has 2 aromatic carbocycles. The molecule has 0 aliphatic carbocycles. The third-order valence-corrected chi connectivity index (χ3v) is 2.24. The normalized spacial score (nSPS) is 14.2.